The van der Waals surface area contributed by atoms with Crippen molar-refractivity contribution >= 4 is 12.8 Å². The van der Waals surface area contributed by atoms with Crippen LogP contribution in [-0.4, -0.2) is 6.10 Å². The Bertz CT molecular complexity index is 747. The molecule has 2 aromatic rings. The van der Waals surface area contributed by atoms with Crippen LogP contribution in [0.15, 0.2) is 60.7 Å². The maximum Gasteiger partial charge on any atom is 0.300 e. The molecule has 0 saturated heterocycles. The molecule has 27 heavy (non-hydrogen) atoms. The van der Waals surface area contributed by atoms with Gasteiger partial charge in [0.1, 0.15) is 0 Å². The van der Waals surface area contributed by atoms with Crippen molar-refractivity contribution in [1.29, 1.82) is 0 Å². The zero-order valence-electron chi connectivity index (χ0n) is 16.7. The molecule has 0 amide bonds. The van der Waals surface area contributed by atoms with Gasteiger partial charge in [-0.15, -0.1) is 0 Å². The number of hydrogen-bond donors (Lipinski definition) is 1. The summed E-state index contributed by atoms with van der Waals surface area (Å²) in [5, 5.41) is 4.04. The summed E-state index contributed by atoms with van der Waals surface area (Å²) in [7, 11) is -3.16. The molecule has 1 aliphatic rings. The van der Waals surface area contributed by atoms with E-state index >= 15 is 0 Å². The molecule has 4 atom stereocenters. The van der Waals surface area contributed by atoms with E-state index in [9.17, 15) is 4.57 Å². The van der Waals surface area contributed by atoms with Crippen LogP contribution in [0.2, 0.25) is 0 Å². The summed E-state index contributed by atoms with van der Waals surface area (Å²) in [6.07, 6.45) is 3.39. The van der Waals surface area contributed by atoms with E-state index in [0.717, 1.165) is 23.7 Å². The van der Waals surface area contributed by atoms with Gasteiger partial charge in [-0.1, -0.05) is 75.7 Å². The lowest BCUT2D eigenvalue weighted by molar-refractivity contribution is 0.0483. The highest BCUT2D eigenvalue weighted by atomic mass is 31.2. The Labute approximate surface area is 164 Å². The number of benzene rings is 2. The molecule has 1 saturated carbocycles. The van der Waals surface area contributed by atoms with E-state index in [-0.39, 0.29) is 6.10 Å². The van der Waals surface area contributed by atoms with Gasteiger partial charge in [0.2, 0.25) is 0 Å². The molecular formula is C23H32NO2P. The number of rotatable bonds is 7. The first-order valence-electron chi connectivity index (χ1n) is 10.1. The van der Waals surface area contributed by atoms with Crippen molar-refractivity contribution in [3.05, 3.63) is 66.2 Å². The maximum absolute atomic E-state index is 14.0. The minimum Gasteiger partial charge on any atom is -0.311 e. The lowest BCUT2D eigenvalue weighted by Crippen LogP contribution is -2.36. The first kappa shape index (κ1) is 20.3. The Morgan fingerprint density at radius 2 is 1.67 bits per heavy atom. The molecule has 0 aromatic heterocycles. The second-order valence-electron chi connectivity index (χ2n) is 8.18. The largest absolute Gasteiger partial charge is 0.311 e. The minimum absolute atomic E-state index is 0.0306. The third-order valence-corrected chi connectivity index (χ3v) is 7.80. The molecule has 0 radical (unpaired) electrons. The molecule has 0 aliphatic heterocycles. The molecular weight excluding hydrogens is 353 g/mol. The van der Waals surface area contributed by atoms with Gasteiger partial charge in [-0.2, -0.15) is 0 Å². The quantitative estimate of drug-likeness (QED) is 0.615. The maximum atomic E-state index is 14.0. The van der Waals surface area contributed by atoms with Crippen molar-refractivity contribution < 1.29 is 9.09 Å². The predicted molar refractivity (Wildman–Crippen MR) is 113 cm³/mol. The molecule has 2 aromatic carbocycles. The van der Waals surface area contributed by atoms with Gasteiger partial charge >= 0.3 is 0 Å². The molecule has 0 spiro atoms. The van der Waals surface area contributed by atoms with Gasteiger partial charge in [-0.05, 0) is 48.3 Å². The summed E-state index contributed by atoms with van der Waals surface area (Å²) in [6.45, 7) is 7.31. The van der Waals surface area contributed by atoms with Crippen molar-refractivity contribution in [2.24, 2.45) is 17.8 Å². The third kappa shape index (κ3) is 5.31. The molecule has 3 rings (SSSR count). The number of hydrogen-bond acceptors (Lipinski definition) is 2. The average Bonchev–Trinajstić information content (AvgIpc) is 2.68. The molecule has 3 nitrogen and oxygen atoms in total. The van der Waals surface area contributed by atoms with Gasteiger partial charge in [0, 0.05) is 6.54 Å². The summed E-state index contributed by atoms with van der Waals surface area (Å²) >= 11 is 0. The Morgan fingerprint density at radius 1 is 1.04 bits per heavy atom. The van der Waals surface area contributed by atoms with Crippen molar-refractivity contribution in [2.45, 2.75) is 52.7 Å². The lowest BCUT2D eigenvalue weighted by atomic mass is 9.75. The Kier molecular flexibility index (Phi) is 6.92. The Morgan fingerprint density at radius 3 is 2.30 bits per heavy atom. The van der Waals surface area contributed by atoms with Gasteiger partial charge < -0.3 is 4.52 Å². The molecule has 1 N–H and O–H groups in total. The second kappa shape index (κ2) is 9.19. The van der Waals surface area contributed by atoms with Crippen LogP contribution < -0.4 is 10.4 Å². The summed E-state index contributed by atoms with van der Waals surface area (Å²) in [4.78, 5) is 0. The summed E-state index contributed by atoms with van der Waals surface area (Å²) in [6, 6.07) is 19.7. The van der Waals surface area contributed by atoms with E-state index in [0.29, 0.717) is 24.3 Å². The van der Waals surface area contributed by atoms with E-state index in [1.807, 2.05) is 60.7 Å². The van der Waals surface area contributed by atoms with Crippen LogP contribution in [0, 0.1) is 17.8 Å². The molecule has 4 heteroatoms. The van der Waals surface area contributed by atoms with Crippen LogP contribution >= 0.6 is 7.52 Å². The average molecular weight is 385 g/mol. The standard InChI is InChI=1S/C23H32NO2P/c1-18(2)22-15-14-19(3)16-23(22)26-27(25,21-12-8-5-9-13-21)24-17-20-10-6-4-7-11-20/h4-13,18-19,22-23H,14-17H2,1-3H3,(H,24,25)/t19-,22+,23+,27-/m0/s1. The van der Waals surface area contributed by atoms with Gasteiger partial charge in [0.15, 0.2) is 0 Å². The van der Waals surface area contributed by atoms with E-state index in [1.54, 1.807) is 0 Å². The monoisotopic (exact) mass is 385 g/mol. The van der Waals surface area contributed by atoms with E-state index in [2.05, 4.69) is 25.9 Å². The van der Waals surface area contributed by atoms with Crippen LogP contribution in [-0.2, 0) is 15.6 Å². The Balaban J connectivity index is 1.84. The van der Waals surface area contributed by atoms with Gasteiger partial charge in [-0.3, -0.25) is 4.57 Å². The van der Waals surface area contributed by atoms with Crippen LogP contribution in [0.4, 0.5) is 0 Å². The third-order valence-electron chi connectivity index (χ3n) is 5.68. The Hall–Kier alpha value is -1.41. The minimum atomic E-state index is -3.16. The first-order chi connectivity index (χ1) is 13.0. The molecule has 0 unspecified atom stereocenters. The smallest absolute Gasteiger partial charge is 0.300 e. The van der Waals surface area contributed by atoms with Crippen LogP contribution in [0.3, 0.4) is 0 Å². The highest BCUT2D eigenvalue weighted by molar-refractivity contribution is 7.65. The van der Waals surface area contributed by atoms with Crippen molar-refractivity contribution in [3.63, 3.8) is 0 Å². The fourth-order valence-corrected chi connectivity index (χ4v) is 5.99. The molecule has 1 aliphatic carbocycles. The fourth-order valence-electron chi connectivity index (χ4n) is 4.03. The summed E-state index contributed by atoms with van der Waals surface area (Å²) < 4.78 is 20.5. The first-order valence-corrected chi connectivity index (χ1v) is 11.7. The van der Waals surface area contributed by atoms with Gasteiger partial charge in [-0.25, -0.2) is 5.09 Å². The fraction of sp³-hybridized carbons (Fsp3) is 0.478. The van der Waals surface area contributed by atoms with Crippen LogP contribution in [0.25, 0.3) is 0 Å². The van der Waals surface area contributed by atoms with E-state index in [1.165, 1.54) is 6.42 Å². The van der Waals surface area contributed by atoms with Crippen LogP contribution in [0.5, 0.6) is 0 Å². The van der Waals surface area contributed by atoms with E-state index < -0.39 is 7.52 Å². The summed E-state index contributed by atoms with van der Waals surface area (Å²) in [5.74, 6) is 1.60. The summed E-state index contributed by atoms with van der Waals surface area (Å²) in [5.41, 5.74) is 1.11. The number of nitrogens with one attached hydrogen (secondary N) is 1. The molecule has 146 valence electrons. The zero-order valence-corrected chi connectivity index (χ0v) is 17.6. The van der Waals surface area contributed by atoms with Gasteiger partial charge in [0.25, 0.3) is 7.52 Å². The zero-order chi connectivity index (χ0) is 19.3. The van der Waals surface area contributed by atoms with Crippen LogP contribution in [0.1, 0.15) is 45.6 Å². The lowest BCUT2D eigenvalue weighted by Gasteiger charge is -2.39. The van der Waals surface area contributed by atoms with Gasteiger partial charge in [0.05, 0.1) is 11.4 Å². The normalized spacial score (nSPS) is 25.3. The molecule has 0 bridgehead atoms. The highest BCUT2D eigenvalue weighted by Crippen LogP contribution is 2.48. The second-order valence-corrected chi connectivity index (χ2v) is 10.3. The van der Waals surface area contributed by atoms with Crippen molar-refractivity contribution in [1.82, 2.24) is 5.09 Å². The predicted octanol–water partition coefficient (Wildman–Crippen LogP) is 5.77. The van der Waals surface area contributed by atoms with Crippen molar-refractivity contribution in [3.8, 4) is 0 Å². The topological polar surface area (TPSA) is 38.3 Å². The molecule has 0 heterocycles. The van der Waals surface area contributed by atoms with E-state index in [4.69, 9.17) is 4.52 Å². The highest BCUT2D eigenvalue weighted by Gasteiger charge is 2.37. The SMILES string of the molecule is CC(C)[C@H]1CC[C@H](C)C[C@H]1O[P@](=O)(NCc1ccccc1)c1ccccc1. The van der Waals surface area contributed by atoms with Crippen molar-refractivity contribution in [2.75, 3.05) is 0 Å². The molecule has 1 fully saturated rings.